The zero-order valence-electron chi connectivity index (χ0n) is 33.2. The van der Waals surface area contributed by atoms with E-state index in [1.807, 2.05) is 60.7 Å². The van der Waals surface area contributed by atoms with Crippen LogP contribution in [0.3, 0.4) is 0 Å². The Morgan fingerprint density at radius 1 is 0.538 bits per heavy atom. The summed E-state index contributed by atoms with van der Waals surface area (Å²) in [5, 5.41) is 23.2. The van der Waals surface area contributed by atoms with E-state index < -0.39 is 28.2 Å². The molecule has 6 heteroatoms. The van der Waals surface area contributed by atoms with Gasteiger partial charge in [-0.15, -0.1) is 11.1 Å². The second-order valence-corrected chi connectivity index (χ2v) is 27.2. The predicted molar refractivity (Wildman–Crippen MR) is 228 cm³/mol. The summed E-state index contributed by atoms with van der Waals surface area (Å²) in [6, 6.07) is 27.2. The van der Waals surface area contributed by atoms with E-state index in [1.165, 1.54) is 0 Å². The number of aromatic hydroxyl groups is 2. The highest BCUT2D eigenvalue weighted by Gasteiger charge is 2.26. The van der Waals surface area contributed by atoms with Crippen molar-refractivity contribution in [3.8, 4) is 34.4 Å². The van der Waals surface area contributed by atoms with E-state index in [4.69, 9.17) is 9.98 Å². The molecule has 52 heavy (non-hydrogen) atoms. The smallest absolute Gasteiger partial charge is 0.129 e. The average Bonchev–Trinajstić information content (AvgIpc) is 3.05. The summed E-state index contributed by atoms with van der Waals surface area (Å²) in [6.45, 7) is 25.9. The van der Waals surface area contributed by atoms with Crippen LogP contribution in [0.5, 0.6) is 11.5 Å². The minimum Gasteiger partial charge on any atom is -0.507 e. The SMILES string of the molecule is CC(C)(C)c1cc(C#C[Si](C)(C)C)cc(C=N[C@H](c2ccccc2)[C@H](N=Cc2cc(C#C[Si](C)(C)C)cc(C(C)(C)C)c2O)c2ccccc2)c1O. The van der Waals surface area contributed by atoms with Crippen LogP contribution in [0.15, 0.2) is 94.9 Å². The molecule has 2 N–H and O–H groups in total. The zero-order valence-corrected chi connectivity index (χ0v) is 35.2. The molecule has 0 unspecified atom stereocenters. The van der Waals surface area contributed by atoms with E-state index in [0.717, 1.165) is 33.4 Å². The average molecular weight is 725 g/mol. The molecule has 0 saturated carbocycles. The number of aliphatic imine (C=N–C) groups is 2. The Balaban J connectivity index is 1.94. The zero-order chi connectivity index (χ0) is 38.5. The number of benzene rings is 4. The quantitative estimate of drug-likeness (QED) is 0.113. The van der Waals surface area contributed by atoms with Crippen LogP contribution in [0.2, 0.25) is 39.3 Å². The fourth-order valence-electron chi connectivity index (χ4n) is 5.64. The van der Waals surface area contributed by atoms with Crippen molar-refractivity contribution in [3.05, 3.63) is 129 Å². The highest BCUT2D eigenvalue weighted by atomic mass is 28.3. The number of hydrogen-bond donors (Lipinski definition) is 2. The van der Waals surface area contributed by atoms with Gasteiger partial charge in [0, 0.05) is 45.8 Å². The van der Waals surface area contributed by atoms with Crippen molar-refractivity contribution in [1.82, 2.24) is 0 Å². The lowest BCUT2D eigenvalue weighted by Gasteiger charge is -2.24. The Morgan fingerprint density at radius 2 is 0.865 bits per heavy atom. The maximum Gasteiger partial charge on any atom is 0.129 e. The number of hydrogen-bond acceptors (Lipinski definition) is 4. The van der Waals surface area contributed by atoms with Gasteiger partial charge in [-0.1, -0.05) is 153 Å². The summed E-state index contributed by atoms with van der Waals surface area (Å²) >= 11 is 0. The molecule has 0 bridgehead atoms. The molecule has 4 aromatic rings. The van der Waals surface area contributed by atoms with Gasteiger partial charge in [-0.25, -0.2) is 0 Å². The minimum atomic E-state index is -1.64. The standard InChI is InChI=1S/C46H56N2O2Si2/c1-45(2,3)39-29-33(23-25-51(7,8)9)27-37(43(39)49)31-47-41(35-19-15-13-16-20-35)42(36-21-17-14-18-22-36)48-32-38-28-34(24-26-52(10,11)12)30-40(44(38)50)46(4,5)6/h13-22,27-32,41-42,49-50H,1-12H3/t41-,42-/m1/s1. The predicted octanol–water partition coefficient (Wildman–Crippen LogP) is 11.2. The van der Waals surface area contributed by atoms with Crippen LogP contribution in [0.4, 0.5) is 0 Å². The van der Waals surface area contributed by atoms with Gasteiger partial charge < -0.3 is 10.2 Å². The van der Waals surface area contributed by atoms with Gasteiger partial charge in [0.2, 0.25) is 0 Å². The van der Waals surface area contributed by atoms with Crippen LogP contribution in [0.1, 0.15) is 98.1 Å². The molecule has 0 aromatic heterocycles. The molecule has 270 valence electrons. The number of nitrogens with zero attached hydrogens (tertiary/aromatic N) is 2. The van der Waals surface area contributed by atoms with Gasteiger partial charge in [0.05, 0.1) is 0 Å². The minimum absolute atomic E-state index is 0.206. The molecular weight excluding hydrogens is 669 g/mol. The summed E-state index contributed by atoms with van der Waals surface area (Å²) in [5.74, 6) is 7.21. The first-order valence-corrected chi connectivity index (χ1v) is 25.1. The molecule has 0 amide bonds. The number of phenolic OH excluding ortho intramolecular Hbond substituents is 2. The van der Waals surface area contributed by atoms with Crippen molar-refractivity contribution in [3.63, 3.8) is 0 Å². The lowest BCUT2D eigenvalue weighted by Crippen LogP contribution is -2.16. The van der Waals surface area contributed by atoms with Gasteiger partial charge in [0.25, 0.3) is 0 Å². The molecule has 0 aliphatic carbocycles. The third-order valence-corrected chi connectivity index (χ3v) is 10.1. The Hall–Kier alpha value is -4.63. The molecule has 2 atom stereocenters. The fourth-order valence-corrected chi connectivity index (χ4v) is 6.68. The molecule has 0 saturated heterocycles. The van der Waals surface area contributed by atoms with E-state index in [0.29, 0.717) is 11.1 Å². The highest BCUT2D eigenvalue weighted by Crippen LogP contribution is 2.39. The van der Waals surface area contributed by atoms with E-state index >= 15 is 0 Å². The van der Waals surface area contributed by atoms with Gasteiger partial charge in [-0.05, 0) is 46.2 Å². The van der Waals surface area contributed by atoms with Crippen molar-refractivity contribution in [2.45, 2.75) is 104 Å². The van der Waals surface area contributed by atoms with Gasteiger partial charge >= 0.3 is 0 Å². The van der Waals surface area contributed by atoms with Gasteiger partial charge in [-0.2, -0.15) is 0 Å². The fraction of sp³-hybridized carbons (Fsp3) is 0.348. The first-order chi connectivity index (χ1) is 24.1. The monoisotopic (exact) mass is 724 g/mol. The van der Waals surface area contributed by atoms with E-state index in [9.17, 15) is 10.2 Å². The molecule has 0 heterocycles. The molecule has 4 aromatic carbocycles. The Morgan fingerprint density at radius 3 is 1.15 bits per heavy atom. The number of rotatable bonds is 7. The van der Waals surface area contributed by atoms with Crippen LogP contribution in [-0.4, -0.2) is 38.8 Å². The molecule has 4 nitrogen and oxygen atoms in total. The summed E-state index contributed by atoms with van der Waals surface area (Å²) < 4.78 is 0. The van der Waals surface area contributed by atoms with Crippen LogP contribution >= 0.6 is 0 Å². The summed E-state index contributed by atoms with van der Waals surface area (Å²) in [5.41, 5.74) is 12.9. The first kappa shape index (κ1) is 40.1. The Labute approximate surface area is 315 Å². The summed E-state index contributed by atoms with van der Waals surface area (Å²) in [7, 11) is -3.27. The normalized spacial score (nSPS) is 13.7. The third-order valence-electron chi connectivity index (χ3n) is 8.39. The maximum atomic E-state index is 11.6. The molecule has 0 spiro atoms. The van der Waals surface area contributed by atoms with Crippen molar-refractivity contribution in [2.24, 2.45) is 9.98 Å². The number of phenols is 2. The molecule has 0 radical (unpaired) electrons. The van der Waals surface area contributed by atoms with Gasteiger partial charge in [-0.3, -0.25) is 9.98 Å². The first-order valence-electron chi connectivity index (χ1n) is 18.1. The van der Waals surface area contributed by atoms with Crippen molar-refractivity contribution in [2.75, 3.05) is 0 Å². The van der Waals surface area contributed by atoms with Crippen LogP contribution < -0.4 is 0 Å². The van der Waals surface area contributed by atoms with E-state index in [-0.39, 0.29) is 22.3 Å². The lowest BCUT2D eigenvalue weighted by molar-refractivity contribution is 0.445. The van der Waals surface area contributed by atoms with E-state index in [1.54, 1.807) is 12.4 Å². The molecule has 0 fully saturated rings. The topological polar surface area (TPSA) is 65.2 Å². The summed E-state index contributed by atoms with van der Waals surface area (Å²) in [4.78, 5) is 10.4. The van der Waals surface area contributed by atoms with Crippen molar-refractivity contribution < 1.29 is 10.2 Å². The second-order valence-electron chi connectivity index (χ2n) is 17.7. The summed E-state index contributed by atoms with van der Waals surface area (Å²) in [6.07, 6.45) is 3.55. The van der Waals surface area contributed by atoms with Crippen LogP contribution in [0.25, 0.3) is 0 Å². The molecule has 0 aliphatic rings. The van der Waals surface area contributed by atoms with Gasteiger partial charge in [0.1, 0.15) is 39.7 Å². The van der Waals surface area contributed by atoms with Crippen LogP contribution in [-0.2, 0) is 10.8 Å². The Bertz CT molecular complexity index is 1900. The lowest BCUT2D eigenvalue weighted by atomic mass is 9.84. The van der Waals surface area contributed by atoms with Crippen molar-refractivity contribution >= 4 is 28.6 Å². The highest BCUT2D eigenvalue weighted by molar-refractivity contribution is 6.84. The maximum absolute atomic E-state index is 11.6. The van der Waals surface area contributed by atoms with Crippen LogP contribution in [0, 0.1) is 22.9 Å². The van der Waals surface area contributed by atoms with E-state index in [2.05, 4.69) is 128 Å². The van der Waals surface area contributed by atoms with Gasteiger partial charge in [0.15, 0.2) is 0 Å². The molecule has 0 aliphatic heterocycles. The Kier molecular flexibility index (Phi) is 12.3. The third kappa shape index (κ3) is 11.2. The molecular formula is C46H56N2O2Si2. The van der Waals surface area contributed by atoms with Crippen molar-refractivity contribution in [1.29, 1.82) is 0 Å². The second kappa shape index (κ2) is 15.9. The molecule has 4 rings (SSSR count). The largest absolute Gasteiger partial charge is 0.507 e.